The summed E-state index contributed by atoms with van der Waals surface area (Å²) in [5.74, 6) is 0.672. The van der Waals surface area contributed by atoms with Gasteiger partial charge in [-0.2, -0.15) is 0 Å². The maximum Gasteiger partial charge on any atom is 0.226 e. The summed E-state index contributed by atoms with van der Waals surface area (Å²) in [7, 11) is 1.62. The Kier molecular flexibility index (Phi) is 6.84. The third-order valence-electron chi connectivity index (χ3n) is 6.34. The van der Waals surface area contributed by atoms with Gasteiger partial charge in [-0.15, -0.1) is 0 Å². The average Bonchev–Trinajstić information content (AvgIpc) is 2.82. The molecule has 1 saturated heterocycles. The van der Waals surface area contributed by atoms with Gasteiger partial charge in [0.2, 0.25) is 5.91 Å². The number of carbonyl (C=O) groups is 1. The van der Waals surface area contributed by atoms with E-state index < -0.39 is 0 Å². The Morgan fingerprint density at radius 1 is 0.875 bits per heavy atom. The van der Waals surface area contributed by atoms with E-state index in [1.807, 2.05) is 53.4 Å². The summed E-state index contributed by atoms with van der Waals surface area (Å²) >= 11 is 0. The molecule has 32 heavy (non-hydrogen) atoms. The lowest BCUT2D eigenvalue weighted by atomic mass is 9.76. The molecule has 1 fully saturated rings. The number of hydrogen-bond donors (Lipinski definition) is 0. The molecule has 0 aliphatic carbocycles. The Bertz CT molecular complexity index is 979. The van der Waals surface area contributed by atoms with Gasteiger partial charge >= 0.3 is 0 Å². The molecule has 4 rings (SSSR count). The molecule has 3 nitrogen and oxygen atoms in total. The molecular formula is C27H27F2NO2. The number of amides is 1. The number of methoxy groups -OCH3 is 1. The summed E-state index contributed by atoms with van der Waals surface area (Å²) in [6, 6.07) is 20.7. The highest BCUT2D eigenvalue weighted by molar-refractivity contribution is 5.78. The van der Waals surface area contributed by atoms with Gasteiger partial charge in [-0.1, -0.05) is 36.4 Å². The van der Waals surface area contributed by atoms with Gasteiger partial charge in [-0.25, -0.2) is 8.78 Å². The van der Waals surface area contributed by atoms with E-state index in [1.54, 1.807) is 7.11 Å². The Hall–Kier alpha value is -3.21. The predicted molar refractivity (Wildman–Crippen MR) is 121 cm³/mol. The summed E-state index contributed by atoms with van der Waals surface area (Å²) in [6.45, 7) is 1.36. The largest absolute Gasteiger partial charge is 0.497 e. The van der Waals surface area contributed by atoms with Crippen LogP contribution in [0.4, 0.5) is 8.78 Å². The maximum absolute atomic E-state index is 13.5. The number of benzene rings is 3. The van der Waals surface area contributed by atoms with Crippen molar-refractivity contribution in [2.24, 2.45) is 5.92 Å². The van der Waals surface area contributed by atoms with Crippen LogP contribution in [0.3, 0.4) is 0 Å². The number of ether oxygens (including phenoxy) is 1. The molecule has 0 bridgehead atoms. The molecule has 1 heterocycles. The first-order chi connectivity index (χ1) is 15.5. The number of rotatable bonds is 6. The van der Waals surface area contributed by atoms with E-state index in [0.29, 0.717) is 19.5 Å². The molecule has 0 atom stereocenters. The molecule has 1 amide bonds. The molecule has 0 saturated carbocycles. The molecule has 1 aliphatic rings. The summed E-state index contributed by atoms with van der Waals surface area (Å²) in [5.41, 5.74) is 3.00. The fourth-order valence-corrected chi connectivity index (χ4v) is 4.59. The van der Waals surface area contributed by atoms with Crippen LogP contribution in [-0.4, -0.2) is 31.0 Å². The van der Waals surface area contributed by atoms with Crippen LogP contribution in [0.5, 0.6) is 5.75 Å². The van der Waals surface area contributed by atoms with Gasteiger partial charge in [0.05, 0.1) is 13.5 Å². The zero-order valence-electron chi connectivity index (χ0n) is 18.1. The van der Waals surface area contributed by atoms with Crippen molar-refractivity contribution in [2.75, 3.05) is 20.2 Å². The number of nitrogens with zero attached hydrogens (tertiary/aromatic N) is 1. The zero-order valence-corrected chi connectivity index (χ0v) is 18.1. The normalized spacial score (nSPS) is 14.6. The quantitative estimate of drug-likeness (QED) is 0.505. The number of piperidine rings is 1. The SMILES string of the molecule is COc1ccc(CC(=O)N2CCC(C(c3ccc(F)cc3)c3ccc(F)cc3)CC2)cc1. The smallest absolute Gasteiger partial charge is 0.226 e. The average molecular weight is 436 g/mol. The monoisotopic (exact) mass is 435 g/mol. The molecule has 3 aromatic rings. The van der Waals surface area contributed by atoms with Crippen molar-refractivity contribution >= 4 is 5.91 Å². The molecule has 3 aromatic carbocycles. The first kappa shape index (κ1) is 22.0. The molecular weight excluding hydrogens is 408 g/mol. The van der Waals surface area contributed by atoms with Crippen molar-refractivity contribution in [2.45, 2.75) is 25.2 Å². The summed E-state index contributed by atoms with van der Waals surface area (Å²) in [6.07, 6.45) is 2.05. The third kappa shape index (κ3) is 5.16. The van der Waals surface area contributed by atoms with Crippen LogP contribution >= 0.6 is 0 Å². The molecule has 0 aromatic heterocycles. The highest BCUT2D eigenvalue weighted by Gasteiger charge is 2.30. The standard InChI is InChI=1S/C27H27F2NO2/c1-32-25-12-2-19(3-13-25)18-26(31)30-16-14-22(15-17-30)27(20-4-8-23(28)9-5-20)21-6-10-24(29)11-7-21/h2-13,22,27H,14-18H2,1H3. The molecule has 1 aliphatic heterocycles. The number of halogens is 2. The first-order valence-electron chi connectivity index (χ1n) is 10.9. The highest BCUT2D eigenvalue weighted by atomic mass is 19.1. The van der Waals surface area contributed by atoms with Crippen molar-refractivity contribution in [3.05, 3.63) is 101 Å². The van der Waals surface area contributed by atoms with Crippen LogP contribution in [0, 0.1) is 17.6 Å². The van der Waals surface area contributed by atoms with E-state index in [-0.39, 0.29) is 29.4 Å². The van der Waals surface area contributed by atoms with E-state index >= 15 is 0 Å². The molecule has 0 radical (unpaired) electrons. The second kappa shape index (κ2) is 9.94. The van der Waals surface area contributed by atoms with Crippen molar-refractivity contribution < 1.29 is 18.3 Å². The fourth-order valence-electron chi connectivity index (χ4n) is 4.59. The van der Waals surface area contributed by atoms with Crippen LogP contribution in [0.2, 0.25) is 0 Å². The minimum atomic E-state index is -0.273. The summed E-state index contributed by atoms with van der Waals surface area (Å²) in [5, 5.41) is 0. The molecule has 0 spiro atoms. The lowest BCUT2D eigenvalue weighted by Gasteiger charge is -2.37. The number of hydrogen-bond acceptors (Lipinski definition) is 2. The minimum Gasteiger partial charge on any atom is -0.497 e. The lowest BCUT2D eigenvalue weighted by molar-refractivity contribution is -0.131. The van der Waals surface area contributed by atoms with Crippen LogP contribution in [0.25, 0.3) is 0 Å². The Balaban J connectivity index is 1.45. The van der Waals surface area contributed by atoms with Gasteiger partial charge in [0.15, 0.2) is 0 Å². The van der Waals surface area contributed by atoms with Crippen LogP contribution in [-0.2, 0) is 11.2 Å². The third-order valence-corrected chi connectivity index (χ3v) is 6.34. The van der Waals surface area contributed by atoms with Crippen molar-refractivity contribution in [1.82, 2.24) is 4.90 Å². The lowest BCUT2D eigenvalue weighted by Crippen LogP contribution is -2.40. The first-order valence-corrected chi connectivity index (χ1v) is 10.9. The Labute approximate surface area is 187 Å². The van der Waals surface area contributed by atoms with E-state index in [9.17, 15) is 13.6 Å². The maximum atomic E-state index is 13.5. The number of likely N-dealkylation sites (tertiary alicyclic amines) is 1. The van der Waals surface area contributed by atoms with Crippen molar-refractivity contribution in [3.8, 4) is 5.75 Å². The van der Waals surface area contributed by atoms with Crippen LogP contribution < -0.4 is 4.74 Å². The van der Waals surface area contributed by atoms with Gasteiger partial charge in [0.25, 0.3) is 0 Å². The second-order valence-electron chi connectivity index (χ2n) is 8.32. The second-order valence-corrected chi connectivity index (χ2v) is 8.32. The van der Waals surface area contributed by atoms with Crippen molar-refractivity contribution in [1.29, 1.82) is 0 Å². The van der Waals surface area contributed by atoms with E-state index in [4.69, 9.17) is 4.74 Å². The van der Waals surface area contributed by atoms with Crippen molar-refractivity contribution in [3.63, 3.8) is 0 Å². The Morgan fingerprint density at radius 3 is 1.84 bits per heavy atom. The summed E-state index contributed by atoms with van der Waals surface area (Å²) in [4.78, 5) is 14.7. The van der Waals surface area contributed by atoms with Gasteiger partial charge < -0.3 is 9.64 Å². The molecule has 166 valence electrons. The predicted octanol–water partition coefficient (Wildman–Crippen LogP) is 5.59. The number of carbonyl (C=O) groups excluding carboxylic acids is 1. The topological polar surface area (TPSA) is 29.5 Å². The zero-order chi connectivity index (χ0) is 22.5. The van der Waals surface area contributed by atoms with E-state index in [1.165, 1.54) is 24.3 Å². The molecule has 0 N–H and O–H groups in total. The van der Waals surface area contributed by atoms with E-state index in [2.05, 4.69) is 0 Å². The van der Waals surface area contributed by atoms with Gasteiger partial charge in [-0.3, -0.25) is 4.79 Å². The highest BCUT2D eigenvalue weighted by Crippen LogP contribution is 2.38. The van der Waals surface area contributed by atoms with Gasteiger partial charge in [-0.05, 0) is 71.8 Å². The molecule has 5 heteroatoms. The Morgan fingerprint density at radius 2 is 1.38 bits per heavy atom. The van der Waals surface area contributed by atoms with Gasteiger partial charge in [0.1, 0.15) is 17.4 Å². The van der Waals surface area contributed by atoms with Gasteiger partial charge in [0, 0.05) is 19.0 Å². The molecule has 0 unspecified atom stereocenters. The van der Waals surface area contributed by atoms with E-state index in [0.717, 1.165) is 35.3 Å². The van der Waals surface area contributed by atoms with Crippen LogP contribution in [0.15, 0.2) is 72.8 Å². The summed E-state index contributed by atoms with van der Waals surface area (Å²) < 4.78 is 32.2. The minimum absolute atomic E-state index is 0.0371. The van der Waals surface area contributed by atoms with Crippen LogP contribution in [0.1, 0.15) is 35.4 Å². The fraction of sp³-hybridized carbons (Fsp3) is 0.296.